The van der Waals surface area contributed by atoms with E-state index >= 15 is 0 Å². The van der Waals surface area contributed by atoms with Crippen molar-refractivity contribution in [3.05, 3.63) is 57.8 Å². The second-order valence-corrected chi connectivity index (χ2v) is 4.90. The minimum Gasteiger partial charge on any atom is -0.496 e. The quantitative estimate of drug-likeness (QED) is 0.894. The zero-order valence-electron chi connectivity index (χ0n) is 10.7. The van der Waals surface area contributed by atoms with E-state index in [1.165, 1.54) is 25.3 Å². The second kappa shape index (κ2) is 6.17. The van der Waals surface area contributed by atoms with E-state index in [9.17, 15) is 18.0 Å². The van der Waals surface area contributed by atoms with Gasteiger partial charge in [-0.25, -0.2) is 13.2 Å². The van der Waals surface area contributed by atoms with Gasteiger partial charge in [0.05, 0.1) is 11.6 Å². The average Bonchev–Trinajstić information content (AvgIpc) is 2.42. The fraction of sp³-hybridized carbons (Fsp3) is 0.0714. The molecule has 1 N–H and O–H groups in total. The van der Waals surface area contributed by atoms with Crippen molar-refractivity contribution in [2.24, 2.45) is 0 Å². The number of anilines is 1. The van der Waals surface area contributed by atoms with Crippen LogP contribution in [0.1, 0.15) is 10.4 Å². The van der Waals surface area contributed by atoms with Crippen LogP contribution in [0.4, 0.5) is 18.9 Å². The average molecular weight is 360 g/mol. The van der Waals surface area contributed by atoms with Crippen LogP contribution in [0.15, 0.2) is 34.8 Å². The number of carbonyl (C=O) groups is 1. The van der Waals surface area contributed by atoms with Crippen molar-refractivity contribution in [1.29, 1.82) is 0 Å². The summed E-state index contributed by atoms with van der Waals surface area (Å²) in [5.74, 6) is -3.66. The van der Waals surface area contributed by atoms with E-state index in [1.807, 2.05) is 0 Å². The highest BCUT2D eigenvalue weighted by Crippen LogP contribution is 2.26. The summed E-state index contributed by atoms with van der Waals surface area (Å²) in [6.07, 6.45) is 0. The van der Waals surface area contributed by atoms with Crippen molar-refractivity contribution >= 4 is 27.5 Å². The van der Waals surface area contributed by atoms with Crippen molar-refractivity contribution in [2.45, 2.75) is 0 Å². The molecule has 7 heteroatoms. The van der Waals surface area contributed by atoms with Gasteiger partial charge in [-0.3, -0.25) is 4.79 Å². The van der Waals surface area contributed by atoms with Gasteiger partial charge >= 0.3 is 0 Å². The molecule has 3 nitrogen and oxygen atoms in total. The first-order valence-electron chi connectivity index (χ1n) is 5.72. The molecule has 0 aliphatic carbocycles. The van der Waals surface area contributed by atoms with E-state index < -0.39 is 29.0 Å². The number of ether oxygens (including phenoxy) is 1. The molecule has 0 unspecified atom stereocenters. The van der Waals surface area contributed by atoms with E-state index in [-0.39, 0.29) is 5.56 Å². The van der Waals surface area contributed by atoms with Gasteiger partial charge in [0.25, 0.3) is 5.91 Å². The molecule has 110 valence electrons. The minimum absolute atomic E-state index is 0.158. The summed E-state index contributed by atoms with van der Waals surface area (Å²) in [4.78, 5) is 12.0. The van der Waals surface area contributed by atoms with Crippen LogP contribution in [0.25, 0.3) is 0 Å². The number of methoxy groups -OCH3 is 1. The Bertz CT molecular complexity index is 684. The van der Waals surface area contributed by atoms with Gasteiger partial charge in [0.15, 0.2) is 11.6 Å². The Balaban J connectivity index is 2.28. The van der Waals surface area contributed by atoms with Crippen LogP contribution in [0.2, 0.25) is 0 Å². The molecular weight excluding hydrogens is 351 g/mol. The number of halogens is 4. The minimum atomic E-state index is -1.19. The van der Waals surface area contributed by atoms with Crippen molar-refractivity contribution in [2.75, 3.05) is 12.4 Å². The molecule has 0 saturated carbocycles. The molecule has 0 aliphatic rings. The molecule has 0 radical (unpaired) electrons. The summed E-state index contributed by atoms with van der Waals surface area (Å²) in [7, 11) is 1.46. The Labute approximate surface area is 126 Å². The fourth-order valence-corrected chi connectivity index (χ4v) is 2.20. The SMILES string of the molecule is COc1ccc(C(=O)Nc2c(F)cc(F)cc2F)cc1Br. The van der Waals surface area contributed by atoms with Gasteiger partial charge in [-0.05, 0) is 34.1 Å². The first kappa shape index (κ1) is 15.4. The van der Waals surface area contributed by atoms with Crippen LogP contribution in [0.5, 0.6) is 5.75 Å². The molecule has 2 aromatic rings. The summed E-state index contributed by atoms with van der Waals surface area (Å²) in [6.45, 7) is 0. The Kier molecular flexibility index (Phi) is 4.52. The van der Waals surface area contributed by atoms with Gasteiger partial charge in [0, 0.05) is 17.7 Å². The molecule has 0 heterocycles. The molecule has 2 rings (SSSR count). The number of hydrogen-bond donors (Lipinski definition) is 1. The lowest BCUT2D eigenvalue weighted by molar-refractivity contribution is 0.102. The largest absolute Gasteiger partial charge is 0.496 e. The van der Waals surface area contributed by atoms with Crippen molar-refractivity contribution < 1.29 is 22.7 Å². The molecule has 1 amide bonds. The third-order valence-corrected chi connectivity index (χ3v) is 3.28. The highest BCUT2D eigenvalue weighted by molar-refractivity contribution is 9.10. The standard InChI is InChI=1S/C14H9BrF3NO2/c1-21-12-3-2-7(4-9(12)15)14(20)19-13-10(17)5-8(16)6-11(13)18/h2-6H,1H3,(H,19,20). The fourth-order valence-electron chi connectivity index (χ4n) is 1.65. The maximum absolute atomic E-state index is 13.5. The number of nitrogens with one attached hydrogen (secondary N) is 1. The Morgan fingerprint density at radius 3 is 2.29 bits per heavy atom. The van der Waals surface area contributed by atoms with Crippen LogP contribution in [0, 0.1) is 17.5 Å². The van der Waals surface area contributed by atoms with Crippen LogP contribution >= 0.6 is 15.9 Å². The molecule has 0 atom stereocenters. The summed E-state index contributed by atoms with van der Waals surface area (Å²) >= 11 is 3.20. The van der Waals surface area contributed by atoms with E-state index in [0.29, 0.717) is 22.4 Å². The lowest BCUT2D eigenvalue weighted by atomic mass is 10.2. The lowest BCUT2D eigenvalue weighted by Crippen LogP contribution is -2.14. The molecule has 21 heavy (non-hydrogen) atoms. The van der Waals surface area contributed by atoms with Gasteiger partial charge < -0.3 is 10.1 Å². The summed E-state index contributed by atoms with van der Waals surface area (Å²) in [6, 6.07) is 5.37. The molecule has 2 aromatic carbocycles. The molecule has 0 bridgehead atoms. The maximum atomic E-state index is 13.5. The van der Waals surface area contributed by atoms with E-state index in [0.717, 1.165) is 0 Å². The molecule has 0 saturated heterocycles. The van der Waals surface area contributed by atoms with Crippen LogP contribution in [-0.2, 0) is 0 Å². The van der Waals surface area contributed by atoms with Crippen LogP contribution in [0.3, 0.4) is 0 Å². The molecule has 0 spiro atoms. The van der Waals surface area contributed by atoms with E-state index in [1.54, 1.807) is 0 Å². The molecular formula is C14H9BrF3NO2. The number of amides is 1. The normalized spacial score (nSPS) is 10.3. The third-order valence-electron chi connectivity index (χ3n) is 2.66. The smallest absolute Gasteiger partial charge is 0.255 e. The predicted molar refractivity (Wildman–Crippen MR) is 75.0 cm³/mol. The second-order valence-electron chi connectivity index (χ2n) is 4.05. The molecule has 0 aliphatic heterocycles. The van der Waals surface area contributed by atoms with Gasteiger partial charge in [-0.15, -0.1) is 0 Å². The number of hydrogen-bond acceptors (Lipinski definition) is 2. The summed E-state index contributed by atoms with van der Waals surface area (Å²) < 4.78 is 45.2. The van der Waals surface area contributed by atoms with E-state index in [4.69, 9.17) is 4.74 Å². The molecule has 0 fully saturated rings. The van der Waals surface area contributed by atoms with Crippen LogP contribution < -0.4 is 10.1 Å². The van der Waals surface area contributed by atoms with Gasteiger partial charge in [0.1, 0.15) is 17.3 Å². The number of benzene rings is 2. The molecule has 0 aromatic heterocycles. The number of carbonyl (C=O) groups excluding carboxylic acids is 1. The van der Waals surface area contributed by atoms with Gasteiger partial charge in [-0.2, -0.15) is 0 Å². The summed E-state index contributed by atoms with van der Waals surface area (Å²) in [5, 5.41) is 2.07. The highest BCUT2D eigenvalue weighted by Gasteiger charge is 2.16. The van der Waals surface area contributed by atoms with Crippen molar-refractivity contribution in [3.63, 3.8) is 0 Å². The first-order chi connectivity index (χ1) is 9.92. The predicted octanol–water partition coefficient (Wildman–Crippen LogP) is 4.13. The van der Waals surface area contributed by atoms with E-state index in [2.05, 4.69) is 21.2 Å². The number of rotatable bonds is 3. The third kappa shape index (κ3) is 3.36. The van der Waals surface area contributed by atoms with Crippen LogP contribution in [-0.4, -0.2) is 13.0 Å². The topological polar surface area (TPSA) is 38.3 Å². The van der Waals surface area contributed by atoms with Crippen molar-refractivity contribution in [1.82, 2.24) is 0 Å². The Hall–Kier alpha value is -2.02. The van der Waals surface area contributed by atoms with Crippen molar-refractivity contribution in [3.8, 4) is 5.75 Å². The first-order valence-corrected chi connectivity index (χ1v) is 6.51. The highest BCUT2D eigenvalue weighted by atomic mass is 79.9. The van der Waals surface area contributed by atoms with Gasteiger partial charge in [0.2, 0.25) is 0 Å². The Morgan fingerprint density at radius 1 is 1.14 bits per heavy atom. The Morgan fingerprint density at radius 2 is 1.76 bits per heavy atom. The lowest BCUT2D eigenvalue weighted by Gasteiger charge is -2.09. The summed E-state index contributed by atoms with van der Waals surface area (Å²) in [5.41, 5.74) is -0.542. The van der Waals surface area contributed by atoms with Gasteiger partial charge in [-0.1, -0.05) is 0 Å². The zero-order valence-corrected chi connectivity index (χ0v) is 12.3. The monoisotopic (exact) mass is 359 g/mol. The zero-order chi connectivity index (χ0) is 15.6. The maximum Gasteiger partial charge on any atom is 0.255 e.